The van der Waals surface area contributed by atoms with Gasteiger partial charge in [0.15, 0.2) is 0 Å². The van der Waals surface area contributed by atoms with E-state index >= 15 is 0 Å². The predicted molar refractivity (Wildman–Crippen MR) is 85.7 cm³/mol. The fourth-order valence-corrected chi connectivity index (χ4v) is 2.76. The first kappa shape index (κ1) is 16.3. The molecule has 110 valence electrons. The van der Waals surface area contributed by atoms with Gasteiger partial charge in [-0.05, 0) is 25.0 Å². The number of rotatable bonds is 12. The largest absolute Gasteiger partial charge is 0.351 e. The minimum atomic E-state index is 1.16. The van der Waals surface area contributed by atoms with Crippen LogP contribution >= 0.6 is 0 Å². The van der Waals surface area contributed by atoms with E-state index in [1.54, 1.807) is 0 Å². The highest BCUT2D eigenvalue weighted by atomic mass is 15.0. The van der Waals surface area contributed by atoms with Crippen molar-refractivity contribution in [1.82, 2.24) is 4.57 Å². The summed E-state index contributed by atoms with van der Waals surface area (Å²) < 4.78 is 2.42. The topological polar surface area (TPSA) is 4.93 Å². The highest BCUT2D eigenvalue weighted by Crippen LogP contribution is 2.11. The first-order chi connectivity index (χ1) is 9.38. The van der Waals surface area contributed by atoms with E-state index in [-0.39, 0.29) is 0 Å². The minimum Gasteiger partial charge on any atom is -0.351 e. The molecule has 0 aliphatic heterocycles. The molecular weight excluding hydrogens is 230 g/mol. The summed E-state index contributed by atoms with van der Waals surface area (Å²) >= 11 is 0. The average Bonchev–Trinajstić information content (AvgIpc) is 2.88. The van der Waals surface area contributed by atoms with Crippen LogP contribution in [0.15, 0.2) is 18.3 Å². The van der Waals surface area contributed by atoms with Gasteiger partial charge in [0.1, 0.15) is 0 Å². The number of hydrogen-bond donors (Lipinski definition) is 0. The van der Waals surface area contributed by atoms with E-state index in [4.69, 9.17) is 0 Å². The molecule has 0 fully saturated rings. The molecule has 0 atom stereocenters. The molecule has 0 aromatic carbocycles. The first-order valence-electron chi connectivity index (χ1n) is 8.52. The van der Waals surface area contributed by atoms with E-state index < -0.39 is 0 Å². The lowest BCUT2D eigenvalue weighted by Gasteiger charge is -2.07. The molecule has 0 aliphatic rings. The lowest BCUT2D eigenvalue weighted by Crippen LogP contribution is -2.00. The normalized spacial score (nSPS) is 11.1. The summed E-state index contributed by atoms with van der Waals surface area (Å²) in [6.07, 6.45) is 17.6. The summed E-state index contributed by atoms with van der Waals surface area (Å²) in [6.45, 7) is 5.74. The smallest absolute Gasteiger partial charge is 0.0222 e. The molecule has 1 aromatic heterocycles. The van der Waals surface area contributed by atoms with Gasteiger partial charge in [-0.1, -0.05) is 71.6 Å². The van der Waals surface area contributed by atoms with E-state index in [1.807, 2.05) is 0 Å². The highest BCUT2D eigenvalue weighted by Gasteiger charge is 1.98. The van der Waals surface area contributed by atoms with Gasteiger partial charge in [-0.2, -0.15) is 0 Å². The Labute approximate surface area is 120 Å². The van der Waals surface area contributed by atoms with Crippen molar-refractivity contribution >= 4 is 0 Å². The molecule has 0 radical (unpaired) electrons. The van der Waals surface area contributed by atoms with Crippen LogP contribution in [0.25, 0.3) is 0 Å². The van der Waals surface area contributed by atoms with Gasteiger partial charge in [-0.3, -0.25) is 0 Å². The molecule has 0 saturated carbocycles. The SMILES string of the molecule is CCCCCCCCCCCCn1cccc1CC. The molecule has 0 bridgehead atoms. The van der Waals surface area contributed by atoms with Crippen molar-refractivity contribution in [3.8, 4) is 0 Å². The molecule has 0 N–H and O–H groups in total. The summed E-state index contributed by atoms with van der Waals surface area (Å²) in [5, 5.41) is 0. The van der Waals surface area contributed by atoms with Crippen LogP contribution in [0.3, 0.4) is 0 Å². The molecule has 1 heterocycles. The van der Waals surface area contributed by atoms with Crippen LogP contribution in [0.5, 0.6) is 0 Å². The molecule has 1 rings (SSSR count). The second-order valence-corrected chi connectivity index (χ2v) is 5.73. The van der Waals surface area contributed by atoms with E-state index in [2.05, 4.69) is 36.7 Å². The molecule has 0 spiro atoms. The van der Waals surface area contributed by atoms with Crippen molar-refractivity contribution in [2.45, 2.75) is 91.0 Å². The Hall–Kier alpha value is -0.720. The molecule has 1 aromatic rings. The maximum atomic E-state index is 2.42. The van der Waals surface area contributed by atoms with Gasteiger partial charge < -0.3 is 4.57 Å². The summed E-state index contributed by atoms with van der Waals surface area (Å²) in [5.74, 6) is 0. The highest BCUT2D eigenvalue weighted by molar-refractivity contribution is 5.06. The minimum absolute atomic E-state index is 1.16. The van der Waals surface area contributed by atoms with Crippen LogP contribution in [-0.4, -0.2) is 4.57 Å². The van der Waals surface area contributed by atoms with Crippen LogP contribution in [0, 0.1) is 0 Å². The van der Waals surface area contributed by atoms with Gasteiger partial charge in [0.2, 0.25) is 0 Å². The average molecular weight is 263 g/mol. The zero-order valence-electron chi connectivity index (χ0n) is 13.2. The molecule has 0 amide bonds. The molecule has 0 unspecified atom stereocenters. The third-order valence-electron chi connectivity index (χ3n) is 4.04. The standard InChI is InChI=1S/C18H33N/c1-3-5-6-7-8-9-10-11-12-13-16-19-17-14-15-18(19)4-2/h14-15,17H,3-13,16H2,1-2H3. The van der Waals surface area contributed by atoms with Crippen molar-refractivity contribution < 1.29 is 0 Å². The maximum Gasteiger partial charge on any atom is 0.0222 e. The number of hydrogen-bond acceptors (Lipinski definition) is 0. The zero-order valence-corrected chi connectivity index (χ0v) is 13.2. The number of nitrogens with zero attached hydrogens (tertiary/aromatic N) is 1. The fraction of sp³-hybridized carbons (Fsp3) is 0.778. The van der Waals surface area contributed by atoms with Gasteiger partial charge in [-0.15, -0.1) is 0 Å². The summed E-state index contributed by atoms with van der Waals surface area (Å²) in [7, 11) is 0. The lowest BCUT2D eigenvalue weighted by atomic mass is 10.1. The predicted octanol–water partition coefficient (Wildman–Crippen LogP) is 5.97. The molecule has 0 saturated heterocycles. The molecule has 0 aliphatic carbocycles. The van der Waals surface area contributed by atoms with Gasteiger partial charge in [-0.25, -0.2) is 0 Å². The Morgan fingerprint density at radius 2 is 1.37 bits per heavy atom. The lowest BCUT2D eigenvalue weighted by molar-refractivity contribution is 0.530. The summed E-state index contributed by atoms with van der Waals surface area (Å²) in [4.78, 5) is 0. The number of aromatic nitrogens is 1. The summed E-state index contributed by atoms with van der Waals surface area (Å²) in [6, 6.07) is 4.42. The molecule has 19 heavy (non-hydrogen) atoms. The van der Waals surface area contributed by atoms with Gasteiger partial charge in [0, 0.05) is 18.4 Å². The third kappa shape index (κ3) is 7.44. The Balaban J connectivity index is 1.89. The van der Waals surface area contributed by atoms with Gasteiger partial charge >= 0.3 is 0 Å². The van der Waals surface area contributed by atoms with Crippen LogP contribution in [-0.2, 0) is 13.0 Å². The molecular formula is C18H33N. The quantitative estimate of drug-likeness (QED) is 0.409. The van der Waals surface area contributed by atoms with Crippen LogP contribution in [0.4, 0.5) is 0 Å². The fourth-order valence-electron chi connectivity index (χ4n) is 2.76. The van der Waals surface area contributed by atoms with Crippen molar-refractivity contribution in [1.29, 1.82) is 0 Å². The van der Waals surface area contributed by atoms with Crippen molar-refractivity contribution in [3.05, 3.63) is 24.0 Å². The summed E-state index contributed by atoms with van der Waals surface area (Å²) in [5.41, 5.74) is 1.48. The molecule has 1 heteroatoms. The van der Waals surface area contributed by atoms with Crippen LogP contribution < -0.4 is 0 Å². The van der Waals surface area contributed by atoms with E-state index in [9.17, 15) is 0 Å². The second-order valence-electron chi connectivity index (χ2n) is 5.73. The van der Waals surface area contributed by atoms with Gasteiger partial charge in [0.25, 0.3) is 0 Å². The number of unbranched alkanes of at least 4 members (excludes halogenated alkanes) is 9. The first-order valence-corrected chi connectivity index (χ1v) is 8.52. The Kier molecular flexibility index (Phi) is 9.57. The monoisotopic (exact) mass is 263 g/mol. The van der Waals surface area contributed by atoms with Crippen LogP contribution in [0.2, 0.25) is 0 Å². The Bertz CT molecular complexity index is 300. The van der Waals surface area contributed by atoms with Crippen molar-refractivity contribution in [2.75, 3.05) is 0 Å². The zero-order chi connectivity index (χ0) is 13.8. The maximum absolute atomic E-state index is 2.42. The van der Waals surface area contributed by atoms with Crippen molar-refractivity contribution in [2.24, 2.45) is 0 Å². The van der Waals surface area contributed by atoms with Gasteiger partial charge in [0.05, 0.1) is 0 Å². The van der Waals surface area contributed by atoms with E-state index in [0.717, 1.165) is 6.42 Å². The Morgan fingerprint density at radius 1 is 0.789 bits per heavy atom. The number of aryl methyl sites for hydroxylation is 2. The Morgan fingerprint density at radius 3 is 1.95 bits per heavy atom. The van der Waals surface area contributed by atoms with E-state index in [0.29, 0.717) is 0 Å². The van der Waals surface area contributed by atoms with Crippen molar-refractivity contribution in [3.63, 3.8) is 0 Å². The van der Waals surface area contributed by atoms with E-state index in [1.165, 1.54) is 76.4 Å². The third-order valence-corrected chi connectivity index (χ3v) is 4.04. The second kappa shape index (κ2) is 11.1. The van der Waals surface area contributed by atoms with Crippen LogP contribution in [0.1, 0.15) is 83.7 Å². The molecule has 1 nitrogen and oxygen atoms in total.